The third kappa shape index (κ3) is 2.99. The smallest absolute Gasteiger partial charge is 0.259 e. The topological polar surface area (TPSA) is 69.6 Å². The van der Waals surface area contributed by atoms with E-state index in [1.54, 1.807) is 0 Å². The first-order valence-electron chi connectivity index (χ1n) is 4.14. The number of rotatable bonds is 3. The van der Waals surface area contributed by atoms with E-state index in [1.807, 2.05) is 0 Å². The quantitative estimate of drug-likeness (QED) is 0.784. The molecule has 4 nitrogen and oxygen atoms in total. The fourth-order valence-corrected chi connectivity index (χ4v) is 1.17. The number of benzene rings is 1. The van der Waals surface area contributed by atoms with Gasteiger partial charge in [0, 0.05) is 11.0 Å². The minimum Gasteiger partial charge on any atom is -0.507 e. The lowest BCUT2D eigenvalue weighted by Crippen LogP contribution is -2.24. The van der Waals surface area contributed by atoms with E-state index in [1.165, 1.54) is 18.2 Å². The van der Waals surface area contributed by atoms with Crippen molar-refractivity contribution in [3.8, 4) is 11.5 Å². The van der Waals surface area contributed by atoms with Crippen molar-refractivity contribution in [3.63, 3.8) is 0 Å². The van der Waals surface area contributed by atoms with Crippen LogP contribution < -0.4 is 5.32 Å². The minimum absolute atomic E-state index is 0.133. The van der Waals surface area contributed by atoms with Crippen LogP contribution in [-0.4, -0.2) is 22.7 Å². The van der Waals surface area contributed by atoms with E-state index in [0.717, 1.165) is 0 Å². The molecule has 15 heavy (non-hydrogen) atoms. The summed E-state index contributed by atoms with van der Waals surface area (Å²) in [7, 11) is 0. The number of carbonyl (C=O) groups is 1. The van der Waals surface area contributed by atoms with Gasteiger partial charge < -0.3 is 15.5 Å². The van der Waals surface area contributed by atoms with Crippen LogP contribution >= 0.6 is 15.9 Å². The van der Waals surface area contributed by atoms with Gasteiger partial charge in [0.25, 0.3) is 5.91 Å². The number of hydrogen-bond acceptors (Lipinski definition) is 3. The average molecular weight is 272 g/mol. The Balaban J connectivity index is 2.86. The average Bonchev–Trinajstić information content (AvgIpc) is 2.14. The largest absolute Gasteiger partial charge is 0.507 e. The van der Waals surface area contributed by atoms with Crippen molar-refractivity contribution in [2.24, 2.45) is 0 Å². The highest BCUT2D eigenvalue weighted by molar-refractivity contribution is 9.11. The van der Waals surface area contributed by atoms with Gasteiger partial charge in [-0.1, -0.05) is 28.6 Å². The number of halogens is 1. The zero-order valence-electron chi connectivity index (χ0n) is 7.83. The van der Waals surface area contributed by atoms with Crippen molar-refractivity contribution >= 4 is 21.8 Å². The Bertz CT molecular complexity index is 383. The summed E-state index contributed by atoms with van der Waals surface area (Å²) in [5.74, 6) is -1.06. The molecule has 0 heterocycles. The number of amides is 1. The summed E-state index contributed by atoms with van der Waals surface area (Å²) in [6.45, 7) is 3.77. The Morgan fingerprint density at radius 1 is 1.40 bits per heavy atom. The number of nitrogens with one attached hydrogen (secondary N) is 1. The van der Waals surface area contributed by atoms with E-state index >= 15 is 0 Å². The van der Waals surface area contributed by atoms with Crippen LogP contribution in [0, 0.1) is 0 Å². The lowest BCUT2D eigenvalue weighted by Gasteiger charge is -2.07. The maximum Gasteiger partial charge on any atom is 0.259 e. The number of hydrogen-bond donors (Lipinski definition) is 3. The molecule has 0 aliphatic carbocycles. The highest BCUT2D eigenvalue weighted by atomic mass is 79.9. The highest BCUT2D eigenvalue weighted by Gasteiger charge is 2.15. The van der Waals surface area contributed by atoms with E-state index in [4.69, 9.17) is 0 Å². The van der Waals surface area contributed by atoms with E-state index < -0.39 is 5.91 Å². The monoisotopic (exact) mass is 271 g/mol. The van der Waals surface area contributed by atoms with E-state index in [9.17, 15) is 15.0 Å². The molecule has 0 aromatic heterocycles. The van der Waals surface area contributed by atoms with Crippen molar-refractivity contribution in [2.45, 2.75) is 0 Å². The summed E-state index contributed by atoms with van der Waals surface area (Å²) in [6.07, 6.45) is 0. The third-order valence-electron chi connectivity index (χ3n) is 1.69. The van der Waals surface area contributed by atoms with E-state index in [2.05, 4.69) is 27.8 Å². The van der Waals surface area contributed by atoms with Gasteiger partial charge in [-0.25, -0.2) is 0 Å². The van der Waals surface area contributed by atoms with Gasteiger partial charge in [-0.3, -0.25) is 4.79 Å². The predicted octanol–water partition coefficient (Wildman–Crippen LogP) is 1.74. The van der Waals surface area contributed by atoms with Gasteiger partial charge in [0.1, 0.15) is 17.1 Å². The maximum absolute atomic E-state index is 11.5. The summed E-state index contributed by atoms with van der Waals surface area (Å²) >= 11 is 3.08. The second-order valence-corrected chi connectivity index (χ2v) is 3.99. The van der Waals surface area contributed by atoms with Crippen LogP contribution in [0.25, 0.3) is 0 Å². The van der Waals surface area contributed by atoms with Crippen LogP contribution in [0.1, 0.15) is 10.4 Å². The second kappa shape index (κ2) is 4.84. The SMILES string of the molecule is C=C(Br)CNC(=O)c1c(O)cccc1O. The zero-order valence-corrected chi connectivity index (χ0v) is 9.41. The molecule has 0 bridgehead atoms. The first kappa shape index (κ1) is 11.6. The molecule has 0 spiro atoms. The Morgan fingerprint density at radius 3 is 2.40 bits per heavy atom. The molecule has 1 amide bonds. The summed E-state index contributed by atoms with van der Waals surface area (Å²) in [4.78, 5) is 11.5. The zero-order chi connectivity index (χ0) is 11.4. The molecule has 0 aliphatic rings. The lowest BCUT2D eigenvalue weighted by molar-refractivity contribution is 0.0952. The molecule has 0 saturated heterocycles. The van der Waals surface area contributed by atoms with Crippen LogP contribution in [0.4, 0.5) is 0 Å². The Morgan fingerprint density at radius 2 is 1.93 bits per heavy atom. The molecule has 1 rings (SSSR count). The third-order valence-corrected chi connectivity index (χ3v) is 1.97. The number of phenolic OH excluding ortho intramolecular Hbond substituents is 2. The van der Waals surface area contributed by atoms with Crippen molar-refractivity contribution in [2.75, 3.05) is 6.54 Å². The minimum atomic E-state index is -0.550. The maximum atomic E-state index is 11.5. The van der Waals surface area contributed by atoms with Crippen LogP contribution in [0.2, 0.25) is 0 Å². The van der Waals surface area contributed by atoms with Crippen molar-refractivity contribution in [1.82, 2.24) is 5.32 Å². The van der Waals surface area contributed by atoms with E-state index in [-0.39, 0.29) is 23.6 Å². The van der Waals surface area contributed by atoms with Crippen LogP contribution in [-0.2, 0) is 0 Å². The number of phenols is 2. The van der Waals surface area contributed by atoms with Crippen molar-refractivity contribution < 1.29 is 15.0 Å². The Labute approximate surface area is 95.4 Å². The summed E-state index contributed by atoms with van der Waals surface area (Å²) in [5.41, 5.74) is -0.133. The van der Waals surface area contributed by atoms with Crippen LogP contribution in [0.5, 0.6) is 11.5 Å². The van der Waals surface area contributed by atoms with Crippen molar-refractivity contribution in [1.29, 1.82) is 0 Å². The van der Waals surface area contributed by atoms with Crippen LogP contribution in [0.15, 0.2) is 29.3 Å². The summed E-state index contributed by atoms with van der Waals surface area (Å²) in [5, 5.41) is 21.2. The Kier molecular flexibility index (Phi) is 3.74. The molecule has 3 N–H and O–H groups in total. The molecule has 1 aromatic carbocycles. The molecule has 0 saturated carbocycles. The molecule has 1 aromatic rings. The fourth-order valence-electron chi connectivity index (χ4n) is 1.03. The van der Waals surface area contributed by atoms with Crippen molar-refractivity contribution in [3.05, 3.63) is 34.8 Å². The number of aromatic hydroxyl groups is 2. The molecule has 0 aliphatic heterocycles. The molecule has 5 heteroatoms. The standard InChI is InChI=1S/C10H10BrNO3/c1-6(11)5-12-10(15)9-7(13)3-2-4-8(9)14/h2-4,13-14H,1,5H2,(H,12,15). The number of carbonyl (C=O) groups excluding carboxylic acids is 1. The molecular formula is C10H10BrNO3. The molecule has 0 fully saturated rings. The normalized spacial score (nSPS) is 9.67. The molecule has 0 unspecified atom stereocenters. The first-order chi connectivity index (χ1) is 7.02. The summed E-state index contributed by atoms with van der Waals surface area (Å²) in [6, 6.07) is 4.11. The van der Waals surface area contributed by atoms with E-state index in [0.29, 0.717) is 4.48 Å². The summed E-state index contributed by atoms with van der Waals surface area (Å²) < 4.78 is 0.603. The predicted molar refractivity (Wildman–Crippen MR) is 60.2 cm³/mol. The highest BCUT2D eigenvalue weighted by Crippen LogP contribution is 2.25. The lowest BCUT2D eigenvalue weighted by atomic mass is 10.1. The van der Waals surface area contributed by atoms with Gasteiger partial charge in [0.05, 0.1) is 0 Å². The molecule has 0 radical (unpaired) electrons. The van der Waals surface area contributed by atoms with Gasteiger partial charge >= 0.3 is 0 Å². The van der Waals surface area contributed by atoms with Crippen LogP contribution in [0.3, 0.4) is 0 Å². The van der Waals surface area contributed by atoms with Gasteiger partial charge in [0.2, 0.25) is 0 Å². The molecular weight excluding hydrogens is 262 g/mol. The Hall–Kier alpha value is -1.49. The second-order valence-electron chi connectivity index (χ2n) is 2.87. The first-order valence-corrected chi connectivity index (χ1v) is 4.94. The molecule has 0 atom stereocenters. The van der Waals surface area contributed by atoms with Gasteiger partial charge in [-0.05, 0) is 12.1 Å². The van der Waals surface area contributed by atoms with Gasteiger partial charge in [-0.2, -0.15) is 0 Å². The fraction of sp³-hybridized carbons (Fsp3) is 0.100. The van der Waals surface area contributed by atoms with Gasteiger partial charge in [-0.15, -0.1) is 0 Å². The van der Waals surface area contributed by atoms with Gasteiger partial charge in [0.15, 0.2) is 0 Å². The molecule has 80 valence electrons.